The van der Waals surface area contributed by atoms with E-state index in [0.29, 0.717) is 24.5 Å². The van der Waals surface area contributed by atoms with Crippen LogP contribution in [0.4, 0.5) is 0 Å². The summed E-state index contributed by atoms with van der Waals surface area (Å²) in [6.45, 7) is 4.04. The van der Waals surface area contributed by atoms with Gasteiger partial charge in [-0.05, 0) is 36.6 Å². The van der Waals surface area contributed by atoms with Gasteiger partial charge in [0.05, 0.1) is 13.7 Å². The van der Waals surface area contributed by atoms with Crippen LogP contribution in [0.5, 0.6) is 5.88 Å². The normalized spacial score (nSPS) is 10.6. The van der Waals surface area contributed by atoms with Crippen molar-refractivity contribution < 1.29 is 9.53 Å². The number of aromatic nitrogens is 1. The second-order valence-electron chi connectivity index (χ2n) is 5.86. The minimum absolute atomic E-state index is 0. The van der Waals surface area contributed by atoms with Crippen molar-refractivity contribution in [2.45, 2.75) is 19.9 Å². The maximum absolute atomic E-state index is 11.7. The number of pyridine rings is 1. The van der Waals surface area contributed by atoms with Crippen LogP contribution in [0.15, 0.2) is 47.6 Å². The van der Waals surface area contributed by atoms with Crippen LogP contribution in [-0.4, -0.2) is 44.1 Å². The van der Waals surface area contributed by atoms with Crippen molar-refractivity contribution in [2.75, 3.05) is 27.2 Å². The lowest BCUT2D eigenvalue weighted by molar-refractivity contribution is 0.0963. The summed E-state index contributed by atoms with van der Waals surface area (Å²) < 4.78 is 5.06. The number of rotatable bonds is 8. The Hall–Kier alpha value is -2.36. The van der Waals surface area contributed by atoms with E-state index in [9.17, 15) is 4.79 Å². The molecule has 1 heterocycles. The number of carbonyl (C=O) groups excluding carboxylic acids is 1. The molecule has 0 saturated heterocycles. The molecule has 1 aromatic carbocycles. The van der Waals surface area contributed by atoms with Gasteiger partial charge in [0, 0.05) is 38.0 Å². The second kappa shape index (κ2) is 12.9. The van der Waals surface area contributed by atoms with Gasteiger partial charge in [0.1, 0.15) is 0 Å². The Balaban J connectivity index is 0.00000392. The fourth-order valence-corrected chi connectivity index (χ4v) is 2.47. The van der Waals surface area contributed by atoms with Gasteiger partial charge >= 0.3 is 0 Å². The Morgan fingerprint density at radius 3 is 2.64 bits per heavy atom. The summed E-state index contributed by atoms with van der Waals surface area (Å²) >= 11 is 0. The quantitative estimate of drug-likeness (QED) is 0.296. The Kier molecular flexibility index (Phi) is 10.9. The topological polar surface area (TPSA) is 87.6 Å². The first kappa shape index (κ1) is 23.7. The van der Waals surface area contributed by atoms with E-state index in [1.165, 1.54) is 0 Å². The van der Waals surface area contributed by atoms with E-state index in [1.54, 1.807) is 20.4 Å². The third-order valence-corrected chi connectivity index (χ3v) is 3.89. The first-order valence-corrected chi connectivity index (χ1v) is 8.98. The number of amides is 1. The summed E-state index contributed by atoms with van der Waals surface area (Å²) in [4.78, 5) is 20.5. The van der Waals surface area contributed by atoms with Crippen molar-refractivity contribution in [1.82, 2.24) is 20.9 Å². The number of ether oxygens (including phenoxy) is 1. The van der Waals surface area contributed by atoms with E-state index in [1.807, 2.05) is 43.3 Å². The van der Waals surface area contributed by atoms with Crippen LogP contribution < -0.4 is 20.7 Å². The molecule has 8 heteroatoms. The minimum atomic E-state index is -0.0761. The molecule has 0 aliphatic carbocycles. The third kappa shape index (κ3) is 7.71. The number of nitrogens with one attached hydrogen (secondary N) is 3. The van der Waals surface area contributed by atoms with E-state index in [4.69, 9.17) is 4.74 Å². The third-order valence-electron chi connectivity index (χ3n) is 3.89. The number of carbonyl (C=O) groups is 1. The van der Waals surface area contributed by atoms with Gasteiger partial charge in [0.15, 0.2) is 5.96 Å². The molecule has 0 bridgehead atoms. The largest absolute Gasteiger partial charge is 0.481 e. The van der Waals surface area contributed by atoms with Gasteiger partial charge in [-0.3, -0.25) is 4.79 Å². The molecule has 0 fully saturated rings. The summed E-state index contributed by atoms with van der Waals surface area (Å²) in [5, 5.41) is 9.19. The fraction of sp³-hybridized carbons (Fsp3) is 0.350. The zero-order chi connectivity index (χ0) is 19.5. The van der Waals surface area contributed by atoms with E-state index in [-0.39, 0.29) is 29.9 Å². The van der Waals surface area contributed by atoms with Gasteiger partial charge in [-0.25, -0.2) is 9.98 Å². The summed E-state index contributed by atoms with van der Waals surface area (Å²) in [5.41, 5.74) is 2.77. The van der Waals surface area contributed by atoms with E-state index >= 15 is 0 Å². The average Bonchev–Trinajstić information content (AvgIpc) is 2.72. The molecule has 0 unspecified atom stereocenters. The molecule has 152 valence electrons. The number of hydrogen-bond acceptors (Lipinski definition) is 4. The van der Waals surface area contributed by atoms with Crippen molar-refractivity contribution in [2.24, 2.45) is 4.99 Å². The lowest BCUT2D eigenvalue weighted by Gasteiger charge is -2.12. The van der Waals surface area contributed by atoms with Gasteiger partial charge in [0.25, 0.3) is 5.91 Å². The number of halogens is 1. The van der Waals surface area contributed by atoms with Crippen LogP contribution in [0.2, 0.25) is 0 Å². The van der Waals surface area contributed by atoms with Crippen molar-refractivity contribution in [1.29, 1.82) is 0 Å². The van der Waals surface area contributed by atoms with E-state index in [0.717, 1.165) is 30.1 Å². The summed E-state index contributed by atoms with van der Waals surface area (Å²) in [5.74, 6) is 1.26. The maximum atomic E-state index is 11.7. The summed E-state index contributed by atoms with van der Waals surface area (Å²) in [7, 11) is 3.23. The maximum Gasteiger partial charge on any atom is 0.251 e. The standard InChI is InChI=1S/C20H27N5O2.HI/c1-4-22-20(25-14-16-8-9-18(27-3)24-13-16)23-11-10-15-6-5-7-17(12-15)19(26)21-2;/h5-9,12-13H,4,10-11,14H2,1-3H3,(H,21,26)(H2,22,23,25);1H. The smallest absolute Gasteiger partial charge is 0.251 e. The van der Waals surface area contributed by atoms with Crippen LogP contribution in [-0.2, 0) is 13.0 Å². The van der Waals surface area contributed by atoms with Crippen LogP contribution in [0.1, 0.15) is 28.4 Å². The monoisotopic (exact) mass is 497 g/mol. The molecule has 2 aromatic rings. The fourth-order valence-electron chi connectivity index (χ4n) is 2.47. The predicted octanol–water partition coefficient (Wildman–Crippen LogP) is 2.37. The van der Waals surface area contributed by atoms with Crippen molar-refractivity contribution in [3.05, 3.63) is 59.3 Å². The molecule has 7 nitrogen and oxygen atoms in total. The molecule has 1 aromatic heterocycles. The average molecular weight is 497 g/mol. The highest BCUT2D eigenvalue weighted by Gasteiger charge is 2.04. The van der Waals surface area contributed by atoms with Crippen molar-refractivity contribution in [3.63, 3.8) is 0 Å². The highest BCUT2D eigenvalue weighted by Crippen LogP contribution is 2.08. The molecule has 2 rings (SSSR count). The molecule has 0 radical (unpaired) electrons. The van der Waals surface area contributed by atoms with Crippen molar-refractivity contribution >= 4 is 35.8 Å². The van der Waals surface area contributed by atoms with Gasteiger partial charge < -0.3 is 20.7 Å². The molecule has 0 aliphatic heterocycles. The molecular formula is C20H28IN5O2. The molecule has 28 heavy (non-hydrogen) atoms. The zero-order valence-electron chi connectivity index (χ0n) is 16.5. The molecule has 0 saturated carbocycles. The molecule has 0 aliphatic rings. The van der Waals surface area contributed by atoms with Crippen LogP contribution >= 0.6 is 24.0 Å². The zero-order valence-corrected chi connectivity index (χ0v) is 18.8. The Labute approximate surface area is 183 Å². The number of aliphatic imine (C=N–C) groups is 1. The summed E-state index contributed by atoms with van der Waals surface area (Å²) in [6, 6.07) is 11.4. The minimum Gasteiger partial charge on any atom is -0.481 e. The first-order chi connectivity index (χ1) is 13.2. The van der Waals surface area contributed by atoms with Crippen molar-refractivity contribution in [3.8, 4) is 5.88 Å². The number of guanidine groups is 1. The van der Waals surface area contributed by atoms with Gasteiger partial charge in [0.2, 0.25) is 5.88 Å². The second-order valence-corrected chi connectivity index (χ2v) is 5.86. The van der Waals surface area contributed by atoms with Gasteiger partial charge in [-0.15, -0.1) is 24.0 Å². The van der Waals surface area contributed by atoms with Gasteiger partial charge in [-0.1, -0.05) is 18.2 Å². The first-order valence-electron chi connectivity index (χ1n) is 8.98. The highest BCUT2D eigenvalue weighted by molar-refractivity contribution is 14.0. The predicted molar refractivity (Wildman–Crippen MR) is 123 cm³/mol. The van der Waals surface area contributed by atoms with Crippen LogP contribution in [0.3, 0.4) is 0 Å². The lowest BCUT2D eigenvalue weighted by Crippen LogP contribution is -2.38. The number of nitrogens with zero attached hydrogens (tertiary/aromatic N) is 2. The molecule has 1 amide bonds. The molecule has 3 N–H and O–H groups in total. The lowest BCUT2D eigenvalue weighted by atomic mass is 10.1. The number of benzene rings is 1. The van der Waals surface area contributed by atoms with Crippen LogP contribution in [0.25, 0.3) is 0 Å². The molecule has 0 atom stereocenters. The SMILES string of the molecule is CCNC(=NCc1ccc(OC)nc1)NCCc1cccc(C(=O)NC)c1.I. The van der Waals surface area contributed by atoms with Gasteiger partial charge in [-0.2, -0.15) is 0 Å². The highest BCUT2D eigenvalue weighted by atomic mass is 127. The molecular weight excluding hydrogens is 469 g/mol. The van der Waals surface area contributed by atoms with E-state index < -0.39 is 0 Å². The van der Waals surface area contributed by atoms with E-state index in [2.05, 4.69) is 25.9 Å². The Morgan fingerprint density at radius 2 is 2.00 bits per heavy atom. The Morgan fingerprint density at radius 1 is 1.18 bits per heavy atom. The van der Waals surface area contributed by atoms with Crippen LogP contribution in [0, 0.1) is 0 Å². The number of methoxy groups -OCH3 is 1. The Bertz CT molecular complexity index is 765. The molecule has 0 spiro atoms. The number of hydrogen-bond donors (Lipinski definition) is 3. The summed E-state index contributed by atoms with van der Waals surface area (Å²) in [6.07, 6.45) is 2.55.